The minimum Gasteiger partial charge on any atom is -0.378 e. The van der Waals surface area contributed by atoms with Crippen molar-refractivity contribution >= 4 is 17.5 Å². The second-order valence-electron chi connectivity index (χ2n) is 7.21. The molecule has 0 amide bonds. The number of morpholine rings is 1. The van der Waals surface area contributed by atoms with Crippen molar-refractivity contribution in [3.8, 4) is 5.69 Å². The molecule has 2 aromatic heterocycles. The Balaban J connectivity index is 1.44. The maximum absolute atomic E-state index is 13.5. The van der Waals surface area contributed by atoms with Crippen molar-refractivity contribution in [2.75, 3.05) is 36.5 Å². The number of ether oxygens (including phenoxy) is 1. The molecule has 0 atom stereocenters. The lowest BCUT2D eigenvalue weighted by atomic mass is 10.2. The molecule has 0 radical (unpaired) electrons. The molecule has 1 saturated carbocycles. The molecule has 7 nitrogen and oxygen atoms in total. The Hall–Kier alpha value is -3.07. The average Bonchev–Trinajstić information content (AvgIpc) is 3.51. The molecular formula is C20H20F2N6O. The second-order valence-corrected chi connectivity index (χ2v) is 7.21. The Bertz CT molecular complexity index is 1060. The summed E-state index contributed by atoms with van der Waals surface area (Å²) in [6.07, 6.45) is 2.01. The van der Waals surface area contributed by atoms with Crippen molar-refractivity contribution in [1.29, 1.82) is 0 Å². The van der Waals surface area contributed by atoms with E-state index in [1.54, 1.807) is 0 Å². The second kappa shape index (κ2) is 7.40. The molecule has 1 N–H and O–H groups in total. The third-order valence-electron chi connectivity index (χ3n) is 4.96. The van der Waals surface area contributed by atoms with E-state index in [-0.39, 0.29) is 17.9 Å². The molecule has 3 aromatic rings. The van der Waals surface area contributed by atoms with Crippen LogP contribution in [0.5, 0.6) is 0 Å². The lowest BCUT2D eigenvalue weighted by molar-refractivity contribution is 0.122. The zero-order valence-corrected chi connectivity index (χ0v) is 15.6. The molecule has 9 heteroatoms. The lowest BCUT2D eigenvalue weighted by Crippen LogP contribution is -2.36. The molecule has 1 aliphatic heterocycles. The van der Waals surface area contributed by atoms with Crippen LogP contribution < -0.4 is 10.2 Å². The normalized spacial score (nSPS) is 17.3. The zero-order valence-electron chi connectivity index (χ0n) is 16.6. The van der Waals surface area contributed by atoms with E-state index >= 15 is 0 Å². The number of nitrogens with one attached hydrogen (secondary N) is 1. The van der Waals surface area contributed by atoms with Gasteiger partial charge in [0.25, 0.3) is 0 Å². The molecule has 0 spiro atoms. The number of nitrogens with zero attached hydrogens (tertiary/aromatic N) is 5. The molecule has 1 aliphatic carbocycles. The summed E-state index contributed by atoms with van der Waals surface area (Å²) in [5, 5.41) is 7.33. The van der Waals surface area contributed by atoms with E-state index < -0.39 is 11.6 Å². The van der Waals surface area contributed by atoms with Gasteiger partial charge in [0.15, 0.2) is 0 Å². The van der Waals surface area contributed by atoms with Gasteiger partial charge in [0, 0.05) is 42.5 Å². The summed E-state index contributed by atoms with van der Waals surface area (Å²) in [5.74, 6) is 0.00748. The van der Waals surface area contributed by atoms with Gasteiger partial charge >= 0.3 is 0 Å². The molecule has 2 fully saturated rings. The van der Waals surface area contributed by atoms with Crippen molar-refractivity contribution in [1.82, 2.24) is 19.7 Å². The van der Waals surface area contributed by atoms with Crippen LogP contribution in [0.3, 0.4) is 0 Å². The quantitative estimate of drug-likeness (QED) is 0.709. The fourth-order valence-electron chi connectivity index (χ4n) is 3.34. The van der Waals surface area contributed by atoms with Crippen LogP contribution in [-0.4, -0.2) is 46.1 Å². The van der Waals surface area contributed by atoms with E-state index in [1.807, 2.05) is 12.1 Å². The Labute approximate surface area is 167 Å². The number of pyridine rings is 1. The Morgan fingerprint density at radius 2 is 1.83 bits per heavy atom. The predicted molar refractivity (Wildman–Crippen MR) is 104 cm³/mol. The van der Waals surface area contributed by atoms with Crippen molar-refractivity contribution < 1.29 is 14.9 Å². The molecule has 150 valence electrons. The van der Waals surface area contributed by atoms with Gasteiger partial charge in [-0.1, -0.05) is 0 Å². The van der Waals surface area contributed by atoms with Crippen molar-refractivity contribution in [2.45, 2.75) is 18.8 Å². The third-order valence-corrected chi connectivity index (χ3v) is 4.96. The molecule has 0 bridgehead atoms. The average molecular weight is 399 g/mol. The third kappa shape index (κ3) is 4.04. The van der Waals surface area contributed by atoms with Gasteiger partial charge in [0.05, 0.1) is 18.9 Å². The van der Waals surface area contributed by atoms with Crippen LogP contribution in [0.1, 0.15) is 25.8 Å². The summed E-state index contributed by atoms with van der Waals surface area (Å²) < 4.78 is 41.6. The van der Waals surface area contributed by atoms with E-state index in [4.69, 9.17) is 11.1 Å². The number of rotatable bonds is 5. The summed E-state index contributed by atoms with van der Waals surface area (Å²) in [6, 6.07) is 6.87. The first-order chi connectivity index (χ1) is 14.5. The fourth-order valence-corrected chi connectivity index (χ4v) is 3.34. The van der Waals surface area contributed by atoms with Gasteiger partial charge in [-0.3, -0.25) is 0 Å². The van der Waals surface area contributed by atoms with Gasteiger partial charge in [-0.05, 0) is 31.0 Å². The number of anilines is 3. The van der Waals surface area contributed by atoms with Crippen LogP contribution in [0.2, 0.25) is 0 Å². The number of hydrogen-bond acceptors (Lipinski definition) is 6. The zero-order chi connectivity index (χ0) is 20.7. The highest BCUT2D eigenvalue weighted by Crippen LogP contribution is 2.41. The standard InChI is InChI=1S/C20H20F2N6O/c21-14-7-15(22)9-17(8-14)28-12-23-20(26-28)24-16-10-18(13-1-2-13)25-19(11-16)27-3-5-29-6-4-27/h7-13H,1-6H2,(H,24,25,26)/i12D. The largest absolute Gasteiger partial charge is 0.378 e. The molecule has 2 aliphatic rings. The maximum atomic E-state index is 13.5. The van der Waals surface area contributed by atoms with Gasteiger partial charge in [-0.25, -0.2) is 18.4 Å². The van der Waals surface area contributed by atoms with E-state index in [1.165, 1.54) is 0 Å². The van der Waals surface area contributed by atoms with Crippen LogP contribution in [-0.2, 0) is 4.74 Å². The Morgan fingerprint density at radius 3 is 2.55 bits per heavy atom. The summed E-state index contributed by atoms with van der Waals surface area (Å²) in [5.41, 5.74) is 1.87. The first kappa shape index (κ1) is 16.8. The summed E-state index contributed by atoms with van der Waals surface area (Å²) in [7, 11) is 0. The Morgan fingerprint density at radius 1 is 1.07 bits per heavy atom. The van der Waals surface area contributed by atoms with Crippen molar-refractivity contribution in [2.24, 2.45) is 0 Å². The van der Waals surface area contributed by atoms with Gasteiger partial charge in [0.1, 0.15) is 25.1 Å². The van der Waals surface area contributed by atoms with E-state index in [9.17, 15) is 8.78 Å². The van der Waals surface area contributed by atoms with Crippen LogP contribution in [0.25, 0.3) is 5.69 Å². The first-order valence-electron chi connectivity index (χ1n) is 10.1. The SMILES string of the molecule is [2H]c1nc(Nc2cc(C3CC3)nc(N3CCOCC3)c2)nn1-c1cc(F)cc(F)c1. The highest BCUT2D eigenvalue weighted by molar-refractivity contribution is 5.60. The van der Waals surface area contributed by atoms with Gasteiger partial charge in [-0.2, -0.15) is 4.98 Å². The molecule has 29 heavy (non-hydrogen) atoms. The number of benzene rings is 1. The summed E-state index contributed by atoms with van der Waals surface area (Å²) >= 11 is 0. The molecule has 5 rings (SSSR count). The van der Waals surface area contributed by atoms with E-state index in [2.05, 4.69) is 20.3 Å². The van der Waals surface area contributed by atoms with Crippen LogP contribution >= 0.6 is 0 Å². The highest BCUT2D eigenvalue weighted by Gasteiger charge is 2.27. The van der Waals surface area contributed by atoms with Crippen molar-refractivity contribution in [3.05, 3.63) is 54.0 Å². The lowest BCUT2D eigenvalue weighted by Gasteiger charge is -2.28. The smallest absolute Gasteiger partial charge is 0.246 e. The van der Waals surface area contributed by atoms with Gasteiger partial charge < -0.3 is 15.0 Å². The monoisotopic (exact) mass is 399 g/mol. The number of aromatic nitrogens is 4. The topological polar surface area (TPSA) is 68.1 Å². The maximum Gasteiger partial charge on any atom is 0.246 e. The summed E-state index contributed by atoms with van der Waals surface area (Å²) in [4.78, 5) is 11.1. The molecular weight excluding hydrogens is 378 g/mol. The molecule has 1 saturated heterocycles. The van der Waals surface area contributed by atoms with Crippen molar-refractivity contribution in [3.63, 3.8) is 0 Å². The molecule has 0 unspecified atom stereocenters. The number of hydrogen-bond donors (Lipinski definition) is 1. The van der Waals surface area contributed by atoms with Crippen LogP contribution in [0, 0.1) is 11.6 Å². The molecule has 3 heterocycles. The van der Waals surface area contributed by atoms with Crippen LogP contribution in [0.4, 0.5) is 26.2 Å². The highest BCUT2D eigenvalue weighted by atomic mass is 19.1. The predicted octanol–water partition coefficient (Wildman–Crippen LogP) is 3.40. The fraction of sp³-hybridized carbons (Fsp3) is 0.350. The minimum atomic E-state index is -0.743. The Kier molecular flexibility index (Phi) is 4.30. The minimum absolute atomic E-state index is 0.0976. The van der Waals surface area contributed by atoms with Gasteiger partial charge in [0.2, 0.25) is 5.95 Å². The first-order valence-corrected chi connectivity index (χ1v) is 9.57. The molecule has 1 aromatic carbocycles. The number of halogens is 2. The van der Waals surface area contributed by atoms with E-state index in [0.717, 1.165) is 66.0 Å². The summed E-state index contributed by atoms with van der Waals surface area (Å²) in [6.45, 7) is 2.87. The van der Waals surface area contributed by atoms with Gasteiger partial charge in [-0.15, -0.1) is 5.10 Å². The van der Waals surface area contributed by atoms with Crippen LogP contribution in [0.15, 0.2) is 36.6 Å². The van der Waals surface area contributed by atoms with E-state index in [0.29, 0.717) is 19.1 Å².